The Balaban J connectivity index is 1.66. The molecule has 0 bridgehead atoms. The van der Waals surface area contributed by atoms with Crippen LogP contribution in [0.2, 0.25) is 0 Å². The summed E-state index contributed by atoms with van der Waals surface area (Å²) in [6, 6.07) is 0. The van der Waals surface area contributed by atoms with E-state index in [-0.39, 0.29) is 34.6 Å². The number of carbonyl (C=O) groups excluding carboxylic acids is 2. The maximum atomic E-state index is 12.2. The Morgan fingerprint density at radius 1 is 1.12 bits per heavy atom. The van der Waals surface area contributed by atoms with E-state index in [1.165, 1.54) is 6.42 Å². The number of fused-ring (bicyclic) bond motifs is 5. The van der Waals surface area contributed by atoms with Crippen LogP contribution in [0.3, 0.4) is 0 Å². The Morgan fingerprint density at radius 2 is 1.88 bits per heavy atom. The number of ketones is 2. The summed E-state index contributed by atoms with van der Waals surface area (Å²) in [6.07, 6.45) is 7.42. The zero-order chi connectivity index (χ0) is 17.3. The minimum atomic E-state index is -0.318. The summed E-state index contributed by atoms with van der Waals surface area (Å²) in [5.41, 5.74) is 0.256. The lowest BCUT2D eigenvalue weighted by molar-refractivity contribution is -0.148. The summed E-state index contributed by atoms with van der Waals surface area (Å²) in [7, 11) is 0. The van der Waals surface area contributed by atoms with Crippen LogP contribution in [0.1, 0.15) is 72.1 Å². The first-order chi connectivity index (χ1) is 11.3. The maximum Gasteiger partial charge on any atom is 0.133 e. The number of aliphatic hydroxyl groups is 1. The molecule has 3 nitrogen and oxygen atoms in total. The Kier molecular flexibility index (Phi) is 3.77. The standard InChI is InChI=1S/C21H32O3/c1-12(22)17-11-18(24)19-15-5-4-13-10-14(23)6-8-20(13,2)16(15)7-9-21(17,19)3/h13,15-19,24H,4-11H2,1-3H3. The van der Waals surface area contributed by atoms with Crippen LogP contribution in [0.5, 0.6) is 0 Å². The molecule has 4 fully saturated rings. The van der Waals surface area contributed by atoms with Crippen LogP contribution < -0.4 is 0 Å². The minimum Gasteiger partial charge on any atom is -0.393 e. The van der Waals surface area contributed by atoms with Crippen molar-refractivity contribution in [2.75, 3.05) is 0 Å². The van der Waals surface area contributed by atoms with E-state index in [4.69, 9.17) is 0 Å². The van der Waals surface area contributed by atoms with Crippen molar-refractivity contribution in [3.8, 4) is 0 Å². The first-order valence-electron chi connectivity index (χ1n) is 9.97. The normalized spacial score (nSPS) is 53.9. The van der Waals surface area contributed by atoms with Gasteiger partial charge in [-0.05, 0) is 80.0 Å². The first kappa shape index (κ1) is 16.8. The molecule has 0 saturated heterocycles. The molecule has 0 aromatic heterocycles. The number of Topliss-reactive ketones (excluding diaryl/α,β-unsaturated/α-hetero) is 2. The van der Waals surface area contributed by atoms with E-state index >= 15 is 0 Å². The van der Waals surface area contributed by atoms with Crippen LogP contribution in [0, 0.1) is 40.4 Å². The average Bonchev–Trinajstić information content (AvgIpc) is 2.80. The zero-order valence-corrected chi connectivity index (χ0v) is 15.4. The van der Waals surface area contributed by atoms with Crippen molar-refractivity contribution in [3.63, 3.8) is 0 Å². The molecule has 134 valence electrons. The second kappa shape index (κ2) is 5.40. The molecule has 0 aromatic rings. The van der Waals surface area contributed by atoms with Crippen molar-refractivity contribution in [1.82, 2.24) is 0 Å². The molecule has 0 aliphatic heterocycles. The van der Waals surface area contributed by atoms with Gasteiger partial charge in [-0.15, -0.1) is 0 Å². The van der Waals surface area contributed by atoms with Gasteiger partial charge in [-0.2, -0.15) is 0 Å². The van der Waals surface area contributed by atoms with Crippen molar-refractivity contribution < 1.29 is 14.7 Å². The molecule has 8 unspecified atom stereocenters. The molecule has 4 aliphatic carbocycles. The molecule has 4 rings (SSSR count). The molecule has 0 spiro atoms. The third-order valence-corrected chi connectivity index (χ3v) is 8.96. The fraction of sp³-hybridized carbons (Fsp3) is 0.905. The van der Waals surface area contributed by atoms with Gasteiger partial charge in [0, 0.05) is 18.8 Å². The van der Waals surface area contributed by atoms with Gasteiger partial charge < -0.3 is 5.11 Å². The van der Waals surface area contributed by atoms with E-state index < -0.39 is 0 Å². The molecule has 8 atom stereocenters. The molecule has 24 heavy (non-hydrogen) atoms. The van der Waals surface area contributed by atoms with Gasteiger partial charge >= 0.3 is 0 Å². The molecular formula is C21H32O3. The van der Waals surface area contributed by atoms with Crippen molar-refractivity contribution in [1.29, 1.82) is 0 Å². The predicted octanol–water partition coefficient (Wildman–Crippen LogP) is 3.77. The lowest BCUT2D eigenvalue weighted by Gasteiger charge is -2.60. The summed E-state index contributed by atoms with van der Waals surface area (Å²) >= 11 is 0. The number of rotatable bonds is 1. The molecule has 4 aliphatic rings. The van der Waals surface area contributed by atoms with Crippen LogP contribution in [-0.4, -0.2) is 22.8 Å². The largest absolute Gasteiger partial charge is 0.393 e. The second-order valence-corrected chi connectivity index (χ2v) is 9.83. The van der Waals surface area contributed by atoms with Gasteiger partial charge in [0.15, 0.2) is 0 Å². The number of aliphatic hydroxyl groups excluding tert-OH is 1. The topological polar surface area (TPSA) is 54.4 Å². The second-order valence-electron chi connectivity index (χ2n) is 9.83. The molecule has 0 amide bonds. The molecule has 0 radical (unpaired) electrons. The highest BCUT2D eigenvalue weighted by molar-refractivity contribution is 5.80. The van der Waals surface area contributed by atoms with E-state index in [0.717, 1.165) is 38.5 Å². The lowest BCUT2D eigenvalue weighted by atomic mass is 9.44. The fourth-order valence-corrected chi connectivity index (χ4v) is 7.74. The monoisotopic (exact) mass is 332 g/mol. The van der Waals surface area contributed by atoms with Gasteiger partial charge in [-0.25, -0.2) is 0 Å². The van der Waals surface area contributed by atoms with E-state index in [1.54, 1.807) is 6.92 Å². The number of hydrogen-bond acceptors (Lipinski definition) is 3. The van der Waals surface area contributed by atoms with Crippen molar-refractivity contribution in [2.45, 2.75) is 78.2 Å². The maximum absolute atomic E-state index is 12.2. The quantitative estimate of drug-likeness (QED) is 0.795. The van der Waals surface area contributed by atoms with Gasteiger partial charge in [0.2, 0.25) is 0 Å². The molecule has 4 saturated carbocycles. The first-order valence-corrected chi connectivity index (χ1v) is 9.97. The Bertz CT molecular complexity index is 569. The van der Waals surface area contributed by atoms with Gasteiger partial charge in [0.1, 0.15) is 11.6 Å². The van der Waals surface area contributed by atoms with Gasteiger partial charge in [0.05, 0.1) is 6.10 Å². The highest BCUT2D eigenvalue weighted by Crippen LogP contribution is 2.67. The highest BCUT2D eigenvalue weighted by Gasteiger charge is 2.63. The summed E-state index contributed by atoms with van der Waals surface area (Å²) in [5, 5.41) is 10.9. The lowest BCUT2D eigenvalue weighted by Crippen LogP contribution is -2.55. The third kappa shape index (κ3) is 2.12. The summed E-state index contributed by atoms with van der Waals surface area (Å²) in [5.74, 6) is 2.75. The Hall–Kier alpha value is -0.700. The Morgan fingerprint density at radius 3 is 2.58 bits per heavy atom. The van der Waals surface area contributed by atoms with Crippen LogP contribution in [0.15, 0.2) is 0 Å². The Labute approximate surface area is 145 Å². The van der Waals surface area contributed by atoms with E-state index in [2.05, 4.69) is 13.8 Å². The van der Waals surface area contributed by atoms with Crippen LogP contribution >= 0.6 is 0 Å². The van der Waals surface area contributed by atoms with Crippen molar-refractivity contribution >= 4 is 11.6 Å². The van der Waals surface area contributed by atoms with Crippen molar-refractivity contribution in [2.24, 2.45) is 40.4 Å². The molecule has 0 heterocycles. The van der Waals surface area contributed by atoms with Crippen molar-refractivity contribution in [3.05, 3.63) is 0 Å². The zero-order valence-electron chi connectivity index (χ0n) is 15.4. The fourth-order valence-electron chi connectivity index (χ4n) is 7.74. The van der Waals surface area contributed by atoms with Crippen LogP contribution in [-0.2, 0) is 9.59 Å². The van der Waals surface area contributed by atoms with Gasteiger partial charge in [-0.1, -0.05) is 13.8 Å². The third-order valence-electron chi connectivity index (χ3n) is 8.96. The highest BCUT2D eigenvalue weighted by atomic mass is 16.3. The SMILES string of the molecule is CC(=O)C1CC(O)C2C3CCC4CC(=O)CCC4(C)C3CCC12C. The number of carbonyl (C=O) groups is 2. The van der Waals surface area contributed by atoms with Gasteiger partial charge in [0.25, 0.3) is 0 Å². The van der Waals surface area contributed by atoms with E-state index in [1.807, 2.05) is 0 Å². The summed E-state index contributed by atoms with van der Waals surface area (Å²) < 4.78 is 0. The molecule has 1 N–H and O–H groups in total. The average molecular weight is 332 g/mol. The van der Waals surface area contributed by atoms with Crippen LogP contribution in [0.25, 0.3) is 0 Å². The smallest absolute Gasteiger partial charge is 0.133 e. The number of hydrogen-bond donors (Lipinski definition) is 1. The molecule has 3 heteroatoms. The summed E-state index contributed by atoms with van der Waals surface area (Å²) in [6.45, 7) is 6.41. The minimum absolute atomic E-state index is 0.0138. The van der Waals surface area contributed by atoms with Crippen LogP contribution in [0.4, 0.5) is 0 Å². The predicted molar refractivity (Wildman–Crippen MR) is 92.3 cm³/mol. The van der Waals surface area contributed by atoms with Gasteiger partial charge in [-0.3, -0.25) is 9.59 Å². The molecular weight excluding hydrogens is 300 g/mol. The van der Waals surface area contributed by atoms with E-state index in [9.17, 15) is 14.7 Å². The summed E-state index contributed by atoms with van der Waals surface area (Å²) in [4.78, 5) is 24.1. The van der Waals surface area contributed by atoms with E-state index in [0.29, 0.717) is 30.0 Å². The molecule has 0 aromatic carbocycles.